The number of anilines is 1. The molecule has 0 bridgehead atoms. The van der Waals surface area contributed by atoms with Crippen LogP contribution in [0.25, 0.3) is 11.3 Å². The fourth-order valence-electron chi connectivity index (χ4n) is 2.15. The molecule has 0 spiro atoms. The third kappa shape index (κ3) is 2.82. The van der Waals surface area contributed by atoms with Gasteiger partial charge >= 0.3 is 0 Å². The van der Waals surface area contributed by atoms with Gasteiger partial charge in [0.05, 0.1) is 18.5 Å². The molecule has 2 N–H and O–H groups in total. The molecule has 0 saturated heterocycles. The second kappa shape index (κ2) is 6.23. The first kappa shape index (κ1) is 14.1. The Morgan fingerprint density at radius 1 is 1.40 bits per heavy atom. The van der Waals surface area contributed by atoms with Crippen LogP contribution in [0.15, 0.2) is 24.3 Å². The molecule has 20 heavy (non-hydrogen) atoms. The third-order valence-corrected chi connectivity index (χ3v) is 3.00. The second-order valence-corrected chi connectivity index (χ2v) is 4.56. The Morgan fingerprint density at radius 2 is 2.15 bits per heavy atom. The van der Waals surface area contributed by atoms with Crippen LogP contribution in [0.3, 0.4) is 0 Å². The van der Waals surface area contributed by atoms with Crippen LogP contribution in [0.1, 0.15) is 26.0 Å². The van der Waals surface area contributed by atoms with E-state index in [9.17, 15) is 4.79 Å². The maximum absolute atomic E-state index is 11.4. The Morgan fingerprint density at radius 3 is 2.80 bits per heavy atom. The van der Waals surface area contributed by atoms with Crippen LogP contribution in [0.2, 0.25) is 0 Å². The van der Waals surface area contributed by atoms with Gasteiger partial charge in [0.15, 0.2) is 0 Å². The number of methoxy groups -OCH3 is 1. The van der Waals surface area contributed by atoms with Crippen molar-refractivity contribution in [2.45, 2.75) is 26.7 Å². The van der Waals surface area contributed by atoms with Gasteiger partial charge in [-0.25, -0.2) is 0 Å². The van der Waals surface area contributed by atoms with Crippen LogP contribution >= 0.6 is 0 Å². The summed E-state index contributed by atoms with van der Waals surface area (Å²) in [5, 5.41) is 10.2. The van der Waals surface area contributed by atoms with E-state index in [-0.39, 0.29) is 5.91 Å². The maximum Gasteiger partial charge on any atom is 0.221 e. The van der Waals surface area contributed by atoms with Crippen LogP contribution in [0.5, 0.6) is 5.75 Å². The van der Waals surface area contributed by atoms with Gasteiger partial charge < -0.3 is 10.1 Å². The highest BCUT2D eigenvalue weighted by atomic mass is 16.5. The lowest BCUT2D eigenvalue weighted by molar-refractivity contribution is -0.114. The van der Waals surface area contributed by atoms with E-state index in [4.69, 9.17) is 4.74 Å². The van der Waals surface area contributed by atoms with E-state index in [1.54, 1.807) is 7.11 Å². The number of hydrogen-bond acceptors (Lipinski definition) is 3. The van der Waals surface area contributed by atoms with Gasteiger partial charge in [0.25, 0.3) is 0 Å². The van der Waals surface area contributed by atoms with Crippen LogP contribution < -0.4 is 10.1 Å². The number of aromatic nitrogens is 2. The molecule has 0 atom stereocenters. The van der Waals surface area contributed by atoms with Gasteiger partial charge in [-0.3, -0.25) is 9.89 Å². The molecule has 1 aromatic heterocycles. The summed E-state index contributed by atoms with van der Waals surface area (Å²) < 4.78 is 5.36. The summed E-state index contributed by atoms with van der Waals surface area (Å²) in [4.78, 5) is 11.4. The number of nitrogens with zero attached hydrogens (tertiary/aromatic N) is 1. The molecule has 0 aliphatic carbocycles. The molecule has 0 unspecified atom stereocenters. The number of aromatic amines is 1. The van der Waals surface area contributed by atoms with Crippen molar-refractivity contribution < 1.29 is 9.53 Å². The van der Waals surface area contributed by atoms with Crippen molar-refractivity contribution >= 4 is 11.6 Å². The molecule has 2 rings (SSSR count). The molecular formula is C15H19N3O2. The minimum absolute atomic E-state index is 0.111. The van der Waals surface area contributed by atoms with Crippen LogP contribution in [0, 0.1) is 0 Å². The van der Waals surface area contributed by atoms with Crippen molar-refractivity contribution in [1.29, 1.82) is 0 Å². The number of hydrogen-bond donors (Lipinski definition) is 2. The Labute approximate surface area is 118 Å². The van der Waals surface area contributed by atoms with Crippen molar-refractivity contribution in [1.82, 2.24) is 10.2 Å². The predicted octanol–water partition coefficient (Wildman–Crippen LogP) is 3.00. The van der Waals surface area contributed by atoms with Crippen molar-refractivity contribution in [3.63, 3.8) is 0 Å². The Balaban J connectivity index is 2.52. The summed E-state index contributed by atoms with van der Waals surface area (Å²) in [5.41, 5.74) is 3.24. The summed E-state index contributed by atoms with van der Waals surface area (Å²) in [7, 11) is 1.62. The van der Waals surface area contributed by atoms with Crippen molar-refractivity contribution in [3.8, 4) is 17.0 Å². The van der Waals surface area contributed by atoms with E-state index < -0.39 is 0 Å². The molecule has 0 aliphatic heterocycles. The number of benzene rings is 1. The number of para-hydroxylation sites is 1. The van der Waals surface area contributed by atoms with Crippen LogP contribution in [-0.4, -0.2) is 23.2 Å². The lowest BCUT2D eigenvalue weighted by atomic mass is 10.1. The molecule has 2 aromatic rings. The van der Waals surface area contributed by atoms with Crippen molar-refractivity contribution in [2.75, 3.05) is 12.4 Å². The molecule has 5 nitrogen and oxygen atoms in total. The third-order valence-electron chi connectivity index (χ3n) is 3.00. The smallest absolute Gasteiger partial charge is 0.221 e. The average molecular weight is 273 g/mol. The predicted molar refractivity (Wildman–Crippen MR) is 78.9 cm³/mol. The SMILES string of the molecule is CCCc1[nH]nc(-c2ccccc2OC)c1NC(C)=O. The van der Waals surface area contributed by atoms with Crippen LogP contribution in [-0.2, 0) is 11.2 Å². The Hall–Kier alpha value is -2.30. The highest BCUT2D eigenvalue weighted by molar-refractivity contribution is 5.94. The molecule has 106 valence electrons. The molecule has 1 heterocycles. The Kier molecular flexibility index (Phi) is 4.40. The van der Waals surface area contributed by atoms with Gasteiger partial charge in [0.2, 0.25) is 5.91 Å². The quantitative estimate of drug-likeness (QED) is 0.880. The highest BCUT2D eigenvalue weighted by Gasteiger charge is 2.18. The molecule has 5 heteroatoms. The van der Waals surface area contributed by atoms with E-state index in [0.717, 1.165) is 35.5 Å². The van der Waals surface area contributed by atoms with E-state index >= 15 is 0 Å². The molecule has 0 radical (unpaired) electrons. The van der Waals surface area contributed by atoms with E-state index in [2.05, 4.69) is 22.4 Å². The van der Waals surface area contributed by atoms with Gasteiger partial charge in [-0.2, -0.15) is 5.10 Å². The zero-order valence-electron chi connectivity index (χ0n) is 12.0. The number of H-pyrrole nitrogens is 1. The first-order chi connectivity index (χ1) is 9.67. The number of nitrogens with one attached hydrogen (secondary N) is 2. The summed E-state index contributed by atoms with van der Waals surface area (Å²) in [6, 6.07) is 7.63. The van der Waals surface area contributed by atoms with Crippen molar-refractivity contribution in [2.24, 2.45) is 0 Å². The standard InChI is InChI=1S/C15H19N3O2/c1-4-7-12-15(16-10(2)19)14(18-17-12)11-8-5-6-9-13(11)20-3/h5-6,8-9H,4,7H2,1-3H3,(H,16,19)(H,17,18). The van der Waals surface area contributed by atoms with Crippen LogP contribution in [0.4, 0.5) is 5.69 Å². The molecular weight excluding hydrogens is 254 g/mol. The lowest BCUT2D eigenvalue weighted by Gasteiger charge is -2.09. The monoisotopic (exact) mass is 273 g/mol. The number of carbonyl (C=O) groups excluding carboxylic acids is 1. The highest BCUT2D eigenvalue weighted by Crippen LogP contribution is 2.35. The normalized spacial score (nSPS) is 10.3. The van der Waals surface area contributed by atoms with Gasteiger partial charge in [-0.1, -0.05) is 25.5 Å². The van der Waals surface area contributed by atoms with E-state index in [0.29, 0.717) is 5.69 Å². The molecule has 1 aromatic carbocycles. The maximum atomic E-state index is 11.4. The van der Waals surface area contributed by atoms with Gasteiger partial charge in [-0.05, 0) is 18.6 Å². The van der Waals surface area contributed by atoms with Gasteiger partial charge in [0.1, 0.15) is 11.4 Å². The summed E-state index contributed by atoms with van der Waals surface area (Å²) in [6.07, 6.45) is 1.80. The van der Waals surface area contributed by atoms with Crippen molar-refractivity contribution in [3.05, 3.63) is 30.0 Å². The number of ether oxygens (including phenoxy) is 1. The zero-order valence-corrected chi connectivity index (χ0v) is 12.0. The molecule has 0 aliphatic rings. The van der Waals surface area contributed by atoms with E-state index in [1.165, 1.54) is 6.92 Å². The number of rotatable bonds is 5. The minimum Gasteiger partial charge on any atom is -0.496 e. The van der Waals surface area contributed by atoms with Gasteiger partial charge in [-0.15, -0.1) is 0 Å². The molecule has 0 saturated carbocycles. The fourth-order valence-corrected chi connectivity index (χ4v) is 2.15. The number of carbonyl (C=O) groups is 1. The summed E-state index contributed by atoms with van der Waals surface area (Å²) >= 11 is 0. The lowest BCUT2D eigenvalue weighted by Crippen LogP contribution is -2.08. The van der Waals surface area contributed by atoms with E-state index in [1.807, 2.05) is 24.3 Å². The second-order valence-electron chi connectivity index (χ2n) is 4.56. The number of aryl methyl sites for hydroxylation is 1. The first-order valence-corrected chi connectivity index (χ1v) is 6.65. The fraction of sp³-hybridized carbons (Fsp3) is 0.333. The Bertz CT molecular complexity index is 605. The zero-order chi connectivity index (χ0) is 14.5. The minimum atomic E-state index is -0.111. The average Bonchev–Trinajstić information content (AvgIpc) is 2.81. The summed E-state index contributed by atoms with van der Waals surface area (Å²) in [6.45, 7) is 3.58. The largest absolute Gasteiger partial charge is 0.496 e. The van der Waals surface area contributed by atoms with Gasteiger partial charge in [0, 0.05) is 12.5 Å². The molecule has 0 fully saturated rings. The first-order valence-electron chi connectivity index (χ1n) is 6.65. The number of amides is 1. The summed E-state index contributed by atoms with van der Waals surface area (Å²) in [5.74, 6) is 0.619. The molecule has 1 amide bonds. The topological polar surface area (TPSA) is 67.0 Å².